The summed E-state index contributed by atoms with van der Waals surface area (Å²) in [6.07, 6.45) is 22.6. The van der Waals surface area contributed by atoms with Gasteiger partial charge in [-0.2, -0.15) is 0 Å². The van der Waals surface area contributed by atoms with Gasteiger partial charge in [0.15, 0.2) is 0 Å². The Morgan fingerprint density at radius 2 is 1.00 bits per heavy atom. The second kappa shape index (κ2) is 16.4. The second-order valence-electron chi connectivity index (χ2n) is 6.96. The molecule has 2 atom stereocenters. The molecule has 0 amide bonds. The molecule has 0 heterocycles. The lowest BCUT2D eigenvalue weighted by Gasteiger charge is -2.22. The van der Waals surface area contributed by atoms with Crippen LogP contribution in [0.25, 0.3) is 0 Å². The van der Waals surface area contributed by atoms with Crippen LogP contribution in [0.1, 0.15) is 118 Å². The van der Waals surface area contributed by atoms with Gasteiger partial charge in [-0.25, -0.2) is 0 Å². The van der Waals surface area contributed by atoms with Crippen molar-refractivity contribution in [3.8, 4) is 0 Å². The van der Waals surface area contributed by atoms with Gasteiger partial charge in [0.05, 0.1) is 0 Å². The van der Waals surface area contributed by atoms with Gasteiger partial charge in [-0.3, -0.25) is 0 Å². The van der Waals surface area contributed by atoms with Crippen molar-refractivity contribution >= 4 is 0 Å². The highest BCUT2D eigenvalue weighted by Gasteiger charge is 2.15. The molecule has 0 aromatic rings. The van der Waals surface area contributed by atoms with Crippen LogP contribution < -0.4 is 0 Å². The SMILES string of the molecule is CCCCCCC([CH]C(CCCC)CCCCCC)CC. The molecule has 0 fully saturated rings. The topological polar surface area (TPSA) is 0 Å². The maximum Gasteiger partial charge on any atom is -0.0324 e. The maximum absolute atomic E-state index is 2.76. The van der Waals surface area contributed by atoms with E-state index in [1.54, 1.807) is 0 Å². The molecule has 0 aromatic carbocycles. The lowest BCUT2D eigenvalue weighted by atomic mass is 9.83. The second-order valence-corrected chi connectivity index (χ2v) is 6.96. The van der Waals surface area contributed by atoms with Crippen molar-refractivity contribution in [3.05, 3.63) is 6.42 Å². The summed E-state index contributed by atoms with van der Waals surface area (Å²) in [7, 11) is 0. The molecule has 127 valence electrons. The minimum atomic E-state index is 0.884. The van der Waals surface area contributed by atoms with Gasteiger partial charge in [0.25, 0.3) is 0 Å². The van der Waals surface area contributed by atoms with Crippen molar-refractivity contribution in [2.45, 2.75) is 118 Å². The monoisotopic (exact) mass is 295 g/mol. The van der Waals surface area contributed by atoms with Crippen LogP contribution in [0.15, 0.2) is 0 Å². The van der Waals surface area contributed by atoms with Crippen LogP contribution in [-0.4, -0.2) is 0 Å². The first-order valence-corrected chi connectivity index (χ1v) is 10.1. The van der Waals surface area contributed by atoms with E-state index in [-0.39, 0.29) is 0 Å². The van der Waals surface area contributed by atoms with Crippen LogP contribution in [0.2, 0.25) is 0 Å². The summed E-state index contributed by atoms with van der Waals surface area (Å²) in [6, 6.07) is 0. The average Bonchev–Trinajstić information content (AvgIpc) is 2.51. The first-order chi connectivity index (χ1) is 10.3. The van der Waals surface area contributed by atoms with E-state index in [0.29, 0.717) is 0 Å². The molecule has 0 nitrogen and oxygen atoms in total. The predicted octanol–water partition coefficient (Wildman–Crippen LogP) is 7.96. The van der Waals surface area contributed by atoms with Gasteiger partial charge in [-0.1, -0.05) is 118 Å². The summed E-state index contributed by atoms with van der Waals surface area (Å²) in [5, 5.41) is 0. The summed E-state index contributed by atoms with van der Waals surface area (Å²) in [5.74, 6) is 1.79. The zero-order valence-electron chi connectivity index (χ0n) is 15.6. The molecule has 0 aliphatic heterocycles. The van der Waals surface area contributed by atoms with E-state index in [2.05, 4.69) is 34.1 Å². The summed E-state index contributed by atoms with van der Waals surface area (Å²) in [4.78, 5) is 0. The normalized spacial score (nSPS) is 14.3. The third-order valence-corrected chi connectivity index (χ3v) is 4.85. The highest BCUT2D eigenvalue weighted by Crippen LogP contribution is 2.28. The van der Waals surface area contributed by atoms with Gasteiger partial charge in [-0.05, 0) is 18.3 Å². The van der Waals surface area contributed by atoms with Crippen molar-refractivity contribution in [3.63, 3.8) is 0 Å². The van der Waals surface area contributed by atoms with Crippen LogP contribution >= 0.6 is 0 Å². The van der Waals surface area contributed by atoms with E-state index in [0.717, 1.165) is 11.8 Å². The van der Waals surface area contributed by atoms with Crippen LogP contribution in [-0.2, 0) is 0 Å². The summed E-state index contributed by atoms with van der Waals surface area (Å²) >= 11 is 0. The van der Waals surface area contributed by atoms with Crippen LogP contribution in [0.4, 0.5) is 0 Å². The smallest absolute Gasteiger partial charge is 0.0324 e. The van der Waals surface area contributed by atoms with Gasteiger partial charge >= 0.3 is 0 Å². The van der Waals surface area contributed by atoms with E-state index < -0.39 is 0 Å². The molecule has 0 N–H and O–H groups in total. The Labute approximate surface area is 136 Å². The van der Waals surface area contributed by atoms with Crippen molar-refractivity contribution in [1.82, 2.24) is 0 Å². The van der Waals surface area contributed by atoms with E-state index >= 15 is 0 Å². The first-order valence-electron chi connectivity index (χ1n) is 10.1. The minimum Gasteiger partial charge on any atom is -0.0654 e. The molecule has 0 spiro atoms. The highest BCUT2D eigenvalue weighted by atomic mass is 14.2. The molecular formula is C21H43. The molecule has 0 saturated heterocycles. The van der Waals surface area contributed by atoms with Crippen molar-refractivity contribution < 1.29 is 0 Å². The minimum absolute atomic E-state index is 0.884. The fraction of sp³-hybridized carbons (Fsp3) is 0.952. The van der Waals surface area contributed by atoms with Gasteiger partial charge in [0.1, 0.15) is 0 Å². The molecule has 0 rings (SSSR count). The average molecular weight is 296 g/mol. The molecule has 21 heavy (non-hydrogen) atoms. The summed E-state index contributed by atoms with van der Waals surface area (Å²) in [6.45, 7) is 9.33. The third kappa shape index (κ3) is 13.4. The Balaban J connectivity index is 4.00. The number of rotatable bonds is 16. The van der Waals surface area contributed by atoms with Crippen LogP contribution in [0, 0.1) is 18.3 Å². The molecule has 0 aromatic heterocycles. The Bertz CT molecular complexity index is 184. The lowest BCUT2D eigenvalue weighted by molar-refractivity contribution is 0.384. The zero-order valence-corrected chi connectivity index (χ0v) is 15.6. The maximum atomic E-state index is 2.76. The zero-order chi connectivity index (χ0) is 15.8. The Hall–Kier alpha value is 0. The largest absolute Gasteiger partial charge is 0.0654 e. The molecule has 0 bridgehead atoms. The van der Waals surface area contributed by atoms with E-state index in [4.69, 9.17) is 0 Å². The van der Waals surface area contributed by atoms with Gasteiger partial charge in [-0.15, -0.1) is 0 Å². The fourth-order valence-electron chi connectivity index (χ4n) is 3.29. The van der Waals surface area contributed by atoms with Gasteiger partial charge in [0.2, 0.25) is 0 Å². The molecule has 0 heteroatoms. The van der Waals surface area contributed by atoms with Crippen molar-refractivity contribution in [1.29, 1.82) is 0 Å². The Morgan fingerprint density at radius 3 is 1.48 bits per heavy atom. The third-order valence-electron chi connectivity index (χ3n) is 4.85. The summed E-state index contributed by atoms with van der Waals surface area (Å²) in [5.41, 5.74) is 0. The number of hydrogen-bond donors (Lipinski definition) is 0. The molecular weight excluding hydrogens is 252 g/mol. The molecule has 0 aliphatic rings. The van der Waals surface area contributed by atoms with Crippen LogP contribution in [0.5, 0.6) is 0 Å². The van der Waals surface area contributed by atoms with E-state index in [9.17, 15) is 0 Å². The van der Waals surface area contributed by atoms with Crippen molar-refractivity contribution in [2.24, 2.45) is 11.8 Å². The van der Waals surface area contributed by atoms with E-state index in [1.807, 2.05) is 0 Å². The molecule has 0 saturated carbocycles. The quantitative estimate of drug-likeness (QED) is 0.253. The molecule has 1 radical (unpaired) electrons. The molecule has 2 unspecified atom stereocenters. The summed E-state index contributed by atoms with van der Waals surface area (Å²) < 4.78 is 0. The lowest BCUT2D eigenvalue weighted by Crippen LogP contribution is -2.10. The number of unbranched alkanes of at least 4 members (excludes halogenated alkanes) is 7. The van der Waals surface area contributed by atoms with E-state index in [1.165, 1.54) is 89.9 Å². The van der Waals surface area contributed by atoms with Gasteiger partial charge < -0.3 is 0 Å². The van der Waals surface area contributed by atoms with Gasteiger partial charge in [0, 0.05) is 0 Å². The first kappa shape index (κ1) is 21.0. The van der Waals surface area contributed by atoms with Crippen molar-refractivity contribution in [2.75, 3.05) is 0 Å². The fourth-order valence-corrected chi connectivity index (χ4v) is 3.29. The van der Waals surface area contributed by atoms with Crippen LogP contribution in [0.3, 0.4) is 0 Å². The molecule has 0 aliphatic carbocycles. The Morgan fingerprint density at radius 1 is 0.524 bits per heavy atom. The number of hydrogen-bond acceptors (Lipinski definition) is 0. The standard InChI is InChI=1S/C21H43/c1-5-9-12-14-17-20(8-4)19-21(16-11-7-3)18-15-13-10-6-2/h19-21H,5-18H2,1-4H3. The highest BCUT2D eigenvalue weighted by molar-refractivity contribution is 4.83. The Kier molecular flexibility index (Phi) is 16.4. The predicted molar refractivity (Wildman–Crippen MR) is 98.6 cm³/mol.